The number of fused-ring (bicyclic) bond motifs is 2. The van der Waals surface area contributed by atoms with E-state index in [1.807, 2.05) is 76.1 Å². The molecule has 3 atom stereocenters. The third-order valence-electron chi connectivity index (χ3n) is 9.40. The number of benzene rings is 2. The molecule has 2 N–H and O–H groups in total. The van der Waals surface area contributed by atoms with E-state index in [-0.39, 0.29) is 30.0 Å². The van der Waals surface area contributed by atoms with E-state index in [4.69, 9.17) is 14.7 Å². The van der Waals surface area contributed by atoms with Crippen molar-refractivity contribution in [1.82, 2.24) is 34.3 Å². The maximum absolute atomic E-state index is 13.3. The van der Waals surface area contributed by atoms with Crippen molar-refractivity contribution in [2.45, 2.75) is 56.7 Å². The molecule has 3 saturated heterocycles. The molecule has 3 aromatic heterocycles. The third kappa shape index (κ3) is 5.07. The lowest BCUT2D eigenvalue weighted by Crippen LogP contribution is -2.38. The molecule has 0 saturated carbocycles. The number of carbonyl (C=O) groups is 2. The summed E-state index contributed by atoms with van der Waals surface area (Å²) in [5.74, 6) is 8.34. The fraction of sp³-hybridized carbons (Fsp3) is 0.371. The molecular weight excluding hydrogens is 566 g/mol. The van der Waals surface area contributed by atoms with E-state index in [1.54, 1.807) is 0 Å². The van der Waals surface area contributed by atoms with Crippen LogP contribution in [0.25, 0.3) is 22.1 Å². The molecular formula is C35H35N7O3. The fourth-order valence-electron chi connectivity index (χ4n) is 7.07. The Morgan fingerprint density at radius 1 is 0.822 bits per heavy atom. The highest BCUT2D eigenvalue weighted by Crippen LogP contribution is 2.34. The SMILES string of the molecule is Cn1cccc1C(=O)N1CCC[C@H]1c1nc2ccc(C#Cc3ccc4[nH]c([C@@H]5CCCN5C(=O)[C@H]5CCCO5)nc4c3)cc2[nH]1. The zero-order valence-electron chi connectivity index (χ0n) is 25.3. The first-order valence-electron chi connectivity index (χ1n) is 15.9. The van der Waals surface area contributed by atoms with E-state index in [9.17, 15) is 9.59 Å². The van der Waals surface area contributed by atoms with Crippen LogP contribution < -0.4 is 0 Å². The van der Waals surface area contributed by atoms with Crippen LogP contribution >= 0.6 is 0 Å². The lowest BCUT2D eigenvalue weighted by molar-refractivity contribution is -0.142. The predicted molar refractivity (Wildman–Crippen MR) is 169 cm³/mol. The van der Waals surface area contributed by atoms with Crippen LogP contribution in [0, 0.1) is 11.8 Å². The van der Waals surface area contributed by atoms with Crippen LogP contribution in [0.15, 0.2) is 54.7 Å². The maximum Gasteiger partial charge on any atom is 0.271 e. The number of ether oxygens (including phenoxy) is 1. The Morgan fingerprint density at radius 2 is 1.53 bits per heavy atom. The van der Waals surface area contributed by atoms with Crippen LogP contribution in [0.1, 0.15) is 83.9 Å². The van der Waals surface area contributed by atoms with E-state index in [0.717, 1.165) is 96.5 Å². The van der Waals surface area contributed by atoms with Crippen molar-refractivity contribution in [3.8, 4) is 11.8 Å². The van der Waals surface area contributed by atoms with Crippen LogP contribution in [-0.4, -0.2) is 71.9 Å². The molecule has 0 radical (unpaired) electrons. The second-order valence-corrected chi connectivity index (χ2v) is 12.3. The predicted octanol–water partition coefficient (Wildman–Crippen LogP) is 5.00. The number of hydrogen-bond acceptors (Lipinski definition) is 5. The molecule has 2 amide bonds. The van der Waals surface area contributed by atoms with Crippen LogP contribution in [0.5, 0.6) is 0 Å². The zero-order chi connectivity index (χ0) is 30.5. The van der Waals surface area contributed by atoms with E-state index in [2.05, 4.69) is 21.8 Å². The Morgan fingerprint density at radius 3 is 2.29 bits per heavy atom. The number of amides is 2. The Kier molecular flexibility index (Phi) is 6.91. The lowest BCUT2D eigenvalue weighted by atomic mass is 10.1. The van der Waals surface area contributed by atoms with Gasteiger partial charge in [0.1, 0.15) is 23.4 Å². The highest BCUT2D eigenvalue weighted by molar-refractivity contribution is 5.93. The Balaban J connectivity index is 1.00. The van der Waals surface area contributed by atoms with Gasteiger partial charge in [-0.25, -0.2) is 9.97 Å². The first-order valence-corrected chi connectivity index (χ1v) is 15.9. The van der Waals surface area contributed by atoms with Crippen molar-refractivity contribution in [3.63, 3.8) is 0 Å². The monoisotopic (exact) mass is 601 g/mol. The second-order valence-electron chi connectivity index (χ2n) is 12.3. The number of rotatable bonds is 4. The van der Waals surface area contributed by atoms with Crippen molar-refractivity contribution in [2.24, 2.45) is 7.05 Å². The molecule has 10 nitrogen and oxygen atoms in total. The van der Waals surface area contributed by atoms with Gasteiger partial charge in [-0.1, -0.05) is 11.8 Å². The summed E-state index contributed by atoms with van der Waals surface area (Å²) in [4.78, 5) is 46.9. The van der Waals surface area contributed by atoms with Gasteiger partial charge in [-0.3, -0.25) is 9.59 Å². The smallest absolute Gasteiger partial charge is 0.271 e. The summed E-state index contributed by atoms with van der Waals surface area (Å²) < 4.78 is 7.53. The molecule has 0 bridgehead atoms. The van der Waals surface area contributed by atoms with Gasteiger partial charge >= 0.3 is 0 Å². The molecule has 3 fully saturated rings. The molecule has 6 heterocycles. The van der Waals surface area contributed by atoms with Gasteiger partial charge in [-0.05, 0) is 87.1 Å². The average Bonchev–Trinajstić information content (AvgIpc) is 3.89. The van der Waals surface area contributed by atoms with E-state index in [1.165, 1.54) is 0 Å². The summed E-state index contributed by atoms with van der Waals surface area (Å²) in [6.07, 6.45) is 7.00. The van der Waals surface area contributed by atoms with Gasteiger partial charge < -0.3 is 29.1 Å². The van der Waals surface area contributed by atoms with Crippen LogP contribution in [0.2, 0.25) is 0 Å². The lowest BCUT2D eigenvalue weighted by Gasteiger charge is -2.25. The van der Waals surface area contributed by atoms with Crippen molar-refractivity contribution >= 4 is 33.9 Å². The number of imidazole rings is 2. The van der Waals surface area contributed by atoms with Gasteiger partial charge in [0.05, 0.1) is 34.2 Å². The number of nitrogens with zero attached hydrogens (tertiary/aromatic N) is 5. The third-order valence-corrected chi connectivity index (χ3v) is 9.40. The van der Waals surface area contributed by atoms with Gasteiger partial charge in [-0.2, -0.15) is 0 Å². The highest BCUT2D eigenvalue weighted by Gasteiger charge is 2.37. The van der Waals surface area contributed by atoms with E-state index < -0.39 is 0 Å². The number of aromatic nitrogens is 5. The van der Waals surface area contributed by atoms with Gasteiger partial charge in [-0.15, -0.1) is 0 Å². The van der Waals surface area contributed by atoms with Gasteiger partial charge in [0, 0.05) is 44.1 Å². The molecule has 5 aromatic rings. The summed E-state index contributed by atoms with van der Waals surface area (Å²) in [5.41, 5.74) is 5.96. The summed E-state index contributed by atoms with van der Waals surface area (Å²) in [5, 5.41) is 0. The molecule has 10 heteroatoms. The van der Waals surface area contributed by atoms with Gasteiger partial charge in [0.2, 0.25) is 0 Å². The van der Waals surface area contributed by atoms with Gasteiger partial charge in [0.15, 0.2) is 0 Å². The highest BCUT2D eigenvalue weighted by atomic mass is 16.5. The number of likely N-dealkylation sites (tertiary alicyclic amines) is 2. The van der Waals surface area contributed by atoms with Gasteiger partial charge in [0.25, 0.3) is 11.8 Å². The normalized spacial score (nSPS) is 21.6. The molecule has 8 rings (SSSR count). The summed E-state index contributed by atoms with van der Waals surface area (Å²) in [6.45, 7) is 2.12. The second kappa shape index (κ2) is 11.2. The first-order chi connectivity index (χ1) is 22.0. The average molecular weight is 602 g/mol. The molecule has 3 aliphatic heterocycles. The largest absolute Gasteiger partial charge is 0.368 e. The Bertz CT molecular complexity index is 1990. The molecule has 228 valence electrons. The molecule has 0 unspecified atom stereocenters. The Labute approximate surface area is 260 Å². The van der Waals surface area contributed by atoms with Crippen molar-refractivity contribution < 1.29 is 14.3 Å². The minimum Gasteiger partial charge on any atom is -0.368 e. The zero-order valence-corrected chi connectivity index (χ0v) is 25.3. The van der Waals surface area contributed by atoms with E-state index in [0.29, 0.717) is 12.3 Å². The van der Waals surface area contributed by atoms with Crippen molar-refractivity contribution in [3.05, 3.63) is 83.2 Å². The molecule has 0 spiro atoms. The number of carbonyl (C=O) groups excluding carboxylic acids is 2. The molecule has 45 heavy (non-hydrogen) atoms. The summed E-state index contributed by atoms with van der Waals surface area (Å²) in [7, 11) is 1.90. The molecule has 2 aromatic carbocycles. The van der Waals surface area contributed by atoms with Crippen molar-refractivity contribution in [1.29, 1.82) is 0 Å². The molecule has 0 aliphatic carbocycles. The summed E-state index contributed by atoms with van der Waals surface area (Å²) in [6, 6.07) is 15.6. The topological polar surface area (TPSA) is 112 Å². The first kappa shape index (κ1) is 27.7. The number of nitrogens with one attached hydrogen (secondary N) is 2. The number of hydrogen-bond donors (Lipinski definition) is 2. The number of aromatic amines is 2. The van der Waals surface area contributed by atoms with Crippen LogP contribution in [0.3, 0.4) is 0 Å². The van der Waals surface area contributed by atoms with Crippen LogP contribution in [0.4, 0.5) is 0 Å². The molecule has 3 aliphatic rings. The summed E-state index contributed by atoms with van der Waals surface area (Å²) >= 11 is 0. The fourth-order valence-corrected chi connectivity index (χ4v) is 7.07. The van der Waals surface area contributed by atoms with Crippen molar-refractivity contribution in [2.75, 3.05) is 19.7 Å². The minimum atomic E-state index is -0.314. The minimum absolute atomic E-state index is 0.0331. The number of aryl methyl sites for hydroxylation is 1. The van der Waals surface area contributed by atoms with E-state index >= 15 is 0 Å². The number of H-pyrrole nitrogens is 2. The standard InChI is InChI=1S/C35H35N7O3/c1-40-16-2-8-30(40)34(43)41-17-3-6-28(41)32-36-24-14-12-22(20-26(24)38-32)10-11-23-13-15-25-27(21-23)39-33(37-25)29-7-4-18-42(29)35(44)31-9-5-19-45-31/h2,8,12-16,20-21,28-29,31H,3-7,9,17-19H2,1H3,(H,36,38)(H,37,39)/t28-,29-,31+/m0/s1. The maximum atomic E-state index is 13.3. The van der Waals surface area contributed by atoms with Crippen LogP contribution in [-0.2, 0) is 16.6 Å². The Hall–Kier alpha value is -4.88. The quantitative estimate of drug-likeness (QED) is 0.282.